The summed E-state index contributed by atoms with van der Waals surface area (Å²) in [6, 6.07) is 145. The van der Waals surface area contributed by atoms with Crippen LogP contribution in [0, 0.1) is 0 Å². The maximum absolute atomic E-state index is 11.6. The molecule has 0 bridgehead atoms. The minimum absolute atomic E-state index is 0.147. The van der Waals surface area contributed by atoms with E-state index in [0.717, 1.165) is 171 Å². The maximum Gasteiger partial charge on any atom is 0.302 e. The Hall–Kier alpha value is -17.5. The molecule has 0 aliphatic heterocycles. The van der Waals surface area contributed by atoms with Crippen molar-refractivity contribution in [1.82, 2.24) is 0 Å². The molecule has 0 saturated heterocycles. The van der Waals surface area contributed by atoms with Gasteiger partial charge < -0.3 is 56.8 Å². The summed E-state index contributed by atoms with van der Waals surface area (Å²) >= 11 is 0. The molecule has 0 fully saturated rings. The lowest BCUT2D eigenvalue weighted by atomic mass is 9.89. The highest BCUT2D eigenvalue weighted by molar-refractivity contribution is 6.16. The van der Waals surface area contributed by atoms with Gasteiger partial charge in [0.25, 0.3) is 0 Å². The average Bonchev–Trinajstić information content (AvgIpc) is 0.751. The van der Waals surface area contributed by atoms with E-state index in [9.17, 15) is 14.4 Å². The highest BCUT2D eigenvalue weighted by Crippen LogP contribution is 2.52. The Morgan fingerprint density at radius 3 is 0.649 bits per heavy atom. The molecular formula is C133H110O15. The molecule has 0 aliphatic carbocycles. The van der Waals surface area contributed by atoms with Gasteiger partial charge in [0, 0.05) is 75.5 Å². The van der Waals surface area contributed by atoms with Gasteiger partial charge in [0.15, 0.2) is 0 Å². The number of esters is 3. The molecule has 0 radical (unpaired) electrons. The number of hydrogen-bond acceptors (Lipinski definition) is 15. The highest BCUT2D eigenvalue weighted by atomic mass is 16.6. The standard InChI is InChI=1S/2C47H38O5.C39H34O5/c1-31(48)50-27-28-52-45-24-20-37-30-35(41-16-8-12-33-10-4-6-14-39(33)41)18-22-43(37)47(45)46-42-21-17-34(29-36(42)19-23-44(46)51-26-25-49-2)40-15-7-11-32-9-3-5-13-38(32)40;1-31(48)50-25-26-52-45-22-18-41-30-39(37-14-12-33-8-4-6-10-35(33)28-37)16-20-43(41)47(45)46-42-19-15-38(29-40(42)17-21-44(46)51-24-23-49-2)36-13-11-32-7-3-5-9-34(32)27-36;1-27(40)42-23-24-44-37-20-16-33-26-31(29-11-7-4-8-12-29)14-18-35(33)39(37)38-34-17-13-30(28-9-5-3-6-10-28)25-32(34)15-19-36(38)43-22-21-41-2/h3-24,29-30H,25-28H2,1-2H3;3-22,27-30H,23-26H2,1-2H3;3-20,25-26H,21-24H2,1-2H3. The van der Waals surface area contributed by atoms with E-state index in [-0.39, 0.29) is 57.5 Å². The summed E-state index contributed by atoms with van der Waals surface area (Å²) in [5, 5.41) is 22.3. The molecule has 15 nitrogen and oxygen atoms in total. The summed E-state index contributed by atoms with van der Waals surface area (Å²) in [6.45, 7) is 7.87. The maximum atomic E-state index is 11.6. The van der Waals surface area contributed by atoms with Gasteiger partial charge in [-0.1, -0.05) is 328 Å². The Morgan fingerprint density at radius 2 is 0.372 bits per heavy atom. The van der Waals surface area contributed by atoms with Crippen molar-refractivity contribution < 1.29 is 71.2 Å². The molecule has 0 aliphatic rings. The molecule has 0 spiro atoms. The van der Waals surface area contributed by atoms with Crippen molar-refractivity contribution in [2.24, 2.45) is 0 Å². The summed E-state index contributed by atoms with van der Waals surface area (Å²) in [7, 11) is 5.01. The van der Waals surface area contributed by atoms with Gasteiger partial charge >= 0.3 is 17.9 Å². The Morgan fingerprint density at radius 1 is 0.162 bits per heavy atom. The predicted octanol–water partition coefficient (Wildman–Crippen LogP) is 31.5. The molecule has 0 N–H and O–H groups in total. The predicted molar refractivity (Wildman–Crippen MR) is 602 cm³/mol. The number of carbonyl (C=O) groups is 3. The van der Waals surface area contributed by atoms with Crippen LogP contribution >= 0.6 is 0 Å². The van der Waals surface area contributed by atoms with Crippen molar-refractivity contribution in [2.45, 2.75) is 20.8 Å². The van der Waals surface area contributed by atoms with Crippen LogP contribution in [0.25, 0.3) is 208 Å². The van der Waals surface area contributed by atoms with Crippen LogP contribution in [0.2, 0.25) is 0 Å². The first kappa shape index (κ1) is 97.9. The molecule has 0 aromatic heterocycles. The molecule has 0 unspecified atom stereocenters. The van der Waals surface area contributed by atoms with Crippen LogP contribution in [0.4, 0.5) is 0 Å². The Bertz CT molecular complexity index is 8640. The van der Waals surface area contributed by atoms with E-state index in [1.807, 2.05) is 48.5 Å². The van der Waals surface area contributed by atoms with Crippen molar-refractivity contribution in [1.29, 1.82) is 0 Å². The first-order chi connectivity index (χ1) is 72.8. The van der Waals surface area contributed by atoms with Gasteiger partial charge in [0.1, 0.15) is 94.0 Å². The molecule has 0 saturated carbocycles. The third-order valence-electron chi connectivity index (χ3n) is 26.8. The van der Waals surface area contributed by atoms with E-state index in [4.69, 9.17) is 56.8 Å². The molecule has 22 aromatic carbocycles. The number of carbonyl (C=O) groups excluding carboxylic acids is 3. The lowest BCUT2D eigenvalue weighted by Gasteiger charge is -2.20. The number of rotatable bonds is 33. The minimum atomic E-state index is -0.340. The van der Waals surface area contributed by atoms with Crippen molar-refractivity contribution >= 4 is 126 Å². The van der Waals surface area contributed by atoms with Crippen LogP contribution in [-0.2, 0) is 42.8 Å². The molecule has 732 valence electrons. The lowest BCUT2D eigenvalue weighted by Crippen LogP contribution is -2.10. The zero-order valence-corrected chi connectivity index (χ0v) is 83.4. The summed E-state index contributed by atoms with van der Waals surface area (Å²) in [5.74, 6) is 3.25. The molecule has 0 amide bonds. The van der Waals surface area contributed by atoms with E-state index >= 15 is 0 Å². The third-order valence-corrected chi connectivity index (χ3v) is 26.8. The van der Waals surface area contributed by atoms with E-state index in [1.54, 1.807) is 21.3 Å². The molecule has 22 rings (SSSR count). The minimum Gasteiger partial charge on any atom is -0.491 e. The van der Waals surface area contributed by atoms with E-state index in [2.05, 4.69) is 364 Å². The normalized spacial score (nSPS) is 11.3. The van der Waals surface area contributed by atoms with Crippen molar-refractivity contribution in [3.8, 4) is 135 Å². The van der Waals surface area contributed by atoms with Gasteiger partial charge in [-0.05, 0) is 259 Å². The second-order valence-electron chi connectivity index (χ2n) is 36.2. The quantitative estimate of drug-likeness (QED) is 0.0217. The molecular weight excluding hydrogens is 1840 g/mol. The topological polar surface area (TPSA) is 162 Å². The van der Waals surface area contributed by atoms with Crippen LogP contribution in [-0.4, -0.2) is 119 Å². The molecule has 148 heavy (non-hydrogen) atoms. The van der Waals surface area contributed by atoms with Crippen LogP contribution in [0.5, 0.6) is 34.5 Å². The van der Waals surface area contributed by atoms with Crippen LogP contribution in [0.1, 0.15) is 20.8 Å². The average molecular weight is 1950 g/mol. The van der Waals surface area contributed by atoms with Gasteiger partial charge in [0.2, 0.25) is 0 Å². The van der Waals surface area contributed by atoms with Crippen molar-refractivity contribution in [3.05, 3.63) is 413 Å². The lowest BCUT2D eigenvalue weighted by molar-refractivity contribution is -0.142. The second-order valence-corrected chi connectivity index (χ2v) is 36.2. The van der Waals surface area contributed by atoms with Gasteiger partial charge in [-0.2, -0.15) is 0 Å². The van der Waals surface area contributed by atoms with E-state index in [1.165, 1.54) is 75.0 Å². The first-order valence-electron chi connectivity index (χ1n) is 49.9. The van der Waals surface area contributed by atoms with Crippen LogP contribution in [0.15, 0.2) is 413 Å². The zero-order valence-electron chi connectivity index (χ0n) is 83.4. The Labute approximate surface area is 859 Å². The molecule has 0 atom stereocenters. The smallest absolute Gasteiger partial charge is 0.302 e. The number of hydrogen-bond donors (Lipinski definition) is 0. The summed E-state index contributed by atoms with van der Waals surface area (Å²) in [5.41, 5.74) is 19.4. The summed E-state index contributed by atoms with van der Waals surface area (Å²) in [6.07, 6.45) is 0. The van der Waals surface area contributed by atoms with Crippen LogP contribution < -0.4 is 28.4 Å². The number of fused-ring (bicyclic) bond motifs is 10. The van der Waals surface area contributed by atoms with Crippen LogP contribution in [0.3, 0.4) is 0 Å². The number of benzene rings is 22. The fourth-order valence-electron chi connectivity index (χ4n) is 19.9. The number of methoxy groups -OCH3 is 3. The summed E-state index contributed by atoms with van der Waals surface area (Å²) < 4.78 is 70.1. The third kappa shape index (κ3) is 22.0. The Kier molecular flexibility index (Phi) is 30.5. The molecule has 0 heterocycles. The number of ether oxygens (including phenoxy) is 12. The van der Waals surface area contributed by atoms with Gasteiger partial charge in [0.05, 0.1) is 19.8 Å². The van der Waals surface area contributed by atoms with Gasteiger partial charge in [-0.15, -0.1) is 0 Å². The fourth-order valence-corrected chi connectivity index (χ4v) is 19.9. The SMILES string of the molecule is COCCOc1ccc2cc(-c3ccc4ccccc4c3)ccc2c1-c1c(OCCOC(C)=O)ccc2cc(-c3ccc4ccccc4c3)ccc12.COCCOc1ccc2cc(-c3cccc4ccccc34)ccc2c1-c1c(OCCOC(C)=O)ccc2cc(-c3cccc4ccccc34)ccc12.COCCOc1ccc2cc(-c3ccccc3)ccc2c1-c1c(OCCOC(C)=O)ccc2cc(-c3ccccc3)ccc12. The van der Waals surface area contributed by atoms with Gasteiger partial charge in [-0.25, -0.2) is 0 Å². The van der Waals surface area contributed by atoms with Crippen molar-refractivity contribution in [2.75, 3.05) is 101 Å². The highest BCUT2D eigenvalue weighted by Gasteiger charge is 2.27. The van der Waals surface area contributed by atoms with E-state index in [0.29, 0.717) is 56.9 Å². The fraction of sp³-hybridized carbons (Fsp3) is 0.135. The summed E-state index contributed by atoms with van der Waals surface area (Å²) in [4.78, 5) is 34.5. The van der Waals surface area contributed by atoms with Gasteiger partial charge in [-0.3, -0.25) is 14.4 Å². The molecule has 15 heteroatoms. The zero-order chi connectivity index (χ0) is 101. The largest absolute Gasteiger partial charge is 0.491 e. The van der Waals surface area contributed by atoms with E-state index < -0.39 is 0 Å². The Balaban J connectivity index is 0.000000135. The first-order valence-corrected chi connectivity index (χ1v) is 49.9. The van der Waals surface area contributed by atoms with Crippen molar-refractivity contribution in [3.63, 3.8) is 0 Å². The monoisotopic (exact) mass is 1950 g/mol. The second kappa shape index (κ2) is 46.1. The molecule has 22 aromatic rings.